The number of hydrogen-bond acceptors (Lipinski definition) is 0. The van der Waals surface area contributed by atoms with Crippen LogP contribution in [0.15, 0.2) is 66.8 Å². The van der Waals surface area contributed by atoms with Crippen LogP contribution in [0.3, 0.4) is 0 Å². The van der Waals surface area contributed by atoms with E-state index in [1.165, 1.54) is 31.2 Å². The van der Waals surface area contributed by atoms with Crippen LogP contribution in [0.25, 0.3) is 5.57 Å². The van der Waals surface area contributed by atoms with Crippen LogP contribution in [0.4, 0.5) is 0 Å². The summed E-state index contributed by atoms with van der Waals surface area (Å²) in [5, 5.41) is 0. The molecule has 0 heteroatoms. The minimum Gasteiger partial charge on any atom is -0.0839 e. The highest BCUT2D eigenvalue weighted by Crippen LogP contribution is 2.60. The van der Waals surface area contributed by atoms with Crippen molar-refractivity contribution in [3.8, 4) is 0 Å². The van der Waals surface area contributed by atoms with Crippen molar-refractivity contribution in [2.24, 2.45) is 5.92 Å². The first-order valence-electron chi connectivity index (χ1n) is 8.46. The maximum absolute atomic E-state index is 2.40. The first-order chi connectivity index (χ1) is 10.9. The lowest BCUT2D eigenvalue weighted by Gasteiger charge is -2.42. The van der Waals surface area contributed by atoms with Gasteiger partial charge in [0.1, 0.15) is 0 Å². The molecule has 0 amide bonds. The normalized spacial score (nSPS) is 28.0. The van der Waals surface area contributed by atoms with Crippen LogP contribution < -0.4 is 0 Å². The van der Waals surface area contributed by atoms with Gasteiger partial charge in [-0.15, -0.1) is 0 Å². The molecule has 0 radical (unpaired) electrons. The fraction of sp³-hybridized carbons (Fsp3) is 0.273. The van der Waals surface area contributed by atoms with Gasteiger partial charge < -0.3 is 0 Å². The average Bonchev–Trinajstić information content (AvgIpc) is 2.87. The first kappa shape index (κ1) is 12.5. The van der Waals surface area contributed by atoms with Crippen molar-refractivity contribution in [2.45, 2.75) is 31.1 Å². The second-order valence-corrected chi connectivity index (χ2v) is 6.87. The molecule has 5 rings (SSSR count). The van der Waals surface area contributed by atoms with E-state index in [-0.39, 0.29) is 5.41 Å². The van der Waals surface area contributed by atoms with Crippen molar-refractivity contribution in [3.05, 3.63) is 89.0 Å². The largest absolute Gasteiger partial charge is 0.0839 e. The fourth-order valence-electron chi connectivity index (χ4n) is 5.19. The Hall–Kier alpha value is -2.08. The standard InChI is InChI=1S/C22H20/c1-4-12-19-16(8-1)9-7-15-22(19)20-13-5-2-10-17(20)18-11-3-6-14-21(18)22/h1-6,8,10-13,21H,7,9,14-15H2. The summed E-state index contributed by atoms with van der Waals surface area (Å²) < 4.78 is 0. The average molecular weight is 284 g/mol. The highest BCUT2D eigenvalue weighted by molar-refractivity contribution is 5.82. The summed E-state index contributed by atoms with van der Waals surface area (Å²) in [6, 6.07) is 18.3. The van der Waals surface area contributed by atoms with Crippen LogP contribution >= 0.6 is 0 Å². The zero-order valence-electron chi connectivity index (χ0n) is 12.8. The number of hydrogen-bond donors (Lipinski definition) is 0. The molecular weight excluding hydrogens is 264 g/mol. The lowest BCUT2D eigenvalue weighted by molar-refractivity contribution is 0.352. The van der Waals surface area contributed by atoms with E-state index < -0.39 is 0 Å². The van der Waals surface area contributed by atoms with Crippen LogP contribution in [0.2, 0.25) is 0 Å². The van der Waals surface area contributed by atoms with E-state index in [1.807, 2.05) is 0 Å². The van der Waals surface area contributed by atoms with Crippen LogP contribution in [0.1, 0.15) is 41.5 Å². The molecule has 0 heterocycles. The summed E-state index contributed by atoms with van der Waals surface area (Å²) in [6.07, 6.45) is 12.0. The van der Waals surface area contributed by atoms with Crippen molar-refractivity contribution in [1.29, 1.82) is 0 Å². The highest BCUT2D eigenvalue weighted by Gasteiger charge is 2.51. The monoisotopic (exact) mass is 284 g/mol. The van der Waals surface area contributed by atoms with Gasteiger partial charge in [-0.25, -0.2) is 0 Å². The molecule has 3 aliphatic carbocycles. The molecule has 0 aromatic heterocycles. The van der Waals surface area contributed by atoms with Crippen molar-refractivity contribution in [2.75, 3.05) is 0 Å². The zero-order chi connectivity index (χ0) is 14.6. The predicted octanol–water partition coefficient (Wildman–Crippen LogP) is 5.28. The van der Waals surface area contributed by atoms with Crippen LogP contribution in [0, 0.1) is 5.92 Å². The molecule has 2 aromatic rings. The number of aryl methyl sites for hydroxylation is 1. The predicted molar refractivity (Wildman–Crippen MR) is 91.8 cm³/mol. The Labute approximate surface area is 132 Å². The van der Waals surface area contributed by atoms with Crippen LogP contribution in [-0.2, 0) is 11.8 Å². The summed E-state index contributed by atoms with van der Waals surface area (Å²) >= 11 is 0. The van der Waals surface area contributed by atoms with Gasteiger partial charge in [-0.05, 0) is 53.5 Å². The molecule has 0 nitrogen and oxygen atoms in total. The van der Waals surface area contributed by atoms with Gasteiger partial charge in [0.25, 0.3) is 0 Å². The Morgan fingerprint density at radius 2 is 1.73 bits per heavy atom. The van der Waals surface area contributed by atoms with E-state index in [0.717, 1.165) is 0 Å². The minimum atomic E-state index is 0.210. The molecule has 1 spiro atoms. The fourth-order valence-corrected chi connectivity index (χ4v) is 5.19. The second-order valence-electron chi connectivity index (χ2n) is 6.87. The SMILES string of the molecule is C1=CCC2C(=C1)c1ccccc1C21CCCc2ccccc21. The highest BCUT2D eigenvalue weighted by atomic mass is 14.5. The Bertz CT molecular complexity index is 808. The second kappa shape index (κ2) is 4.46. The van der Waals surface area contributed by atoms with E-state index in [4.69, 9.17) is 0 Å². The molecule has 2 unspecified atom stereocenters. The molecule has 2 aromatic carbocycles. The summed E-state index contributed by atoms with van der Waals surface area (Å²) in [7, 11) is 0. The smallest absolute Gasteiger partial charge is 0.0283 e. The van der Waals surface area contributed by atoms with Crippen molar-refractivity contribution < 1.29 is 0 Å². The van der Waals surface area contributed by atoms with Crippen molar-refractivity contribution >= 4 is 5.57 Å². The maximum atomic E-state index is 2.40. The molecule has 3 aliphatic rings. The van der Waals surface area contributed by atoms with E-state index >= 15 is 0 Å². The van der Waals surface area contributed by atoms with E-state index in [0.29, 0.717) is 5.92 Å². The van der Waals surface area contributed by atoms with Crippen molar-refractivity contribution in [3.63, 3.8) is 0 Å². The summed E-state index contributed by atoms with van der Waals surface area (Å²) in [5.41, 5.74) is 8.00. The minimum absolute atomic E-state index is 0.210. The topological polar surface area (TPSA) is 0 Å². The van der Waals surface area contributed by atoms with Gasteiger partial charge in [0, 0.05) is 11.3 Å². The molecule has 0 bridgehead atoms. The van der Waals surface area contributed by atoms with Crippen LogP contribution in [0.5, 0.6) is 0 Å². The van der Waals surface area contributed by atoms with E-state index in [1.54, 1.807) is 22.3 Å². The molecule has 0 fully saturated rings. The Kier molecular flexibility index (Phi) is 2.52. The summed E-state index contributed by atoms with van der Waals surface area (Å²) in [6.45, 7) is 0. The third-order valence-corrected chi connectivity index (χ3v) is 5.99. The van der Waals surface area contributed by atoms with Gasteiger partial charge >= 0.3 is 0 Å². The van der Waals surface area contributed by atoms with E-state index in [2.05, 4.69) is 66.8 Å². The van der Waals surface area contributed by atoms with Gasteiger partial charge in [0.05, 0.1) is 0 Å². The van der Waals surface area contributed by atoms with Gasteiger partial charge in [0.2, 0.25) is 0 Å². The summed E-state index contributed by atoms with van der Waals surface area (Å²) in [4.78, 5) is 0. The summed E-state index contributed by atoms with van der Waals surface area (Å²) in [5.74, 6) is 0.622. The quantitative estimate of drug-likeness (QED) is 0.617. The van der Waals surface area contributed by atoms with Gasteiger partial charge in [0.15, 0.2) is 0 Å². The van der Waals surface area contributed by atoms with E-state index in [9.17, 15) is 0 Å². The number of benzene rings is 2. The molecule has 2 atom stereocenters. The molecular formula is C22H20. The Morgan fingerprint density at radius 1 is 0.909 bits per heavy atom. The van der Waals surface area contributed by atoms with Gasteiger partial charge in [-0.1, -0.05) is 66.8 Å². The van der Waals surface area contributed by atoms with Gasteiger partial charge in [-0.2, -0.15) is 0 Å². The number of allylic oxidation sites excluding steroid dienone is 4. The maximum Gasteiger partial charge on any atom is 0.0283 e. The lowest BCUT2D eigenvalue weighted by Crippen LogP contribution is -2.36. The zero-order valence-corrected chi connectivity index (χ0v) is 12.8. The Balaban J connectivity index is 1.86. The number of fused-ring (bicyclic) bond motifs is 7. The third kappa shape index (κ3) is 1.43. The molecule has 0 aliphatic heterocycles. The Morgan fingerprint density at radius 3 is 2.68 bits per heavy atom. The first-order valence-corrected chi connectivity index (χ1v) is 8.46. The molecule has 22 heavy (non-hydrogen) atoms. The third-order valence-electron chi connectivity index (χ3n) is 5.99. The van der Waals surface area contributed by atoms with Crippen LogP contribution in [-0.4, -0.2) is 0 Å². The van der Waals surface area contributed by atoms with Crippen molar-refractivity contribution in [1.82, 2.24) is 0 Å². The molecule has 108 valence electrons. The lowest BCUT2D eigenvalue weighted by atomic mass is 9.61. The molecule has 0 saturated carbocycles. The van der Waals surface area contributed by atoms with Gasteiger partial charge in [-0.3, -0.25) is 0 Å². The molecule has 0 saturated heterocycles. The number of rotatable bonds is 0. The molecule has 0 N–H and O–H groups in total.